The molecule has 2 rings (SSSR count). The lowest BCUT2D eigenvalue weighted by Gasteiger charge is -2.16. The largest absolute Gasteiger partial charge is 0.368 e. The van der Waals surface area contributed by atoms with Crippen molar-refractivity contribution in [3.8, 4) is 0 Å². The fraction of sp³-hybridized carbons (Fsp3) is 0.125. The summed E-state index contributed by atoms with van der Waals surface area (Å²) >= 11 is 0. The van der Waals surface area contributed by atoms with Crippen molar-refractivity contribution in [2.24, 2.45) is 5.73 Å². The average molecular weight is 283 g/mol. The van der Waals surface area contributed by atoms with Crippen molar-refractivity contribution in [3.63, 3.8) is 0 Å². The van der Waals surface area contributed by atoms with Gasteiger partial charge in [0.15, 0.2) is 0 Å². The number of carbonyl (C=O) groups is 2. The molecule has 0 aliphatic heterocycles. The molecule has 0 aliphatic rings. The standard InChI is InChI=1S/C16H17N3O2/c17-15(20)14(11-12-7-3-1-4-8-12)19-16(21)18-13-9-5-2-6-10-13/h1-10,14H,11H2,(H2,17,20)(H2,18,19,21)/t14-/m0/s1. The molecule has 0 aliphatic carbocycles. The highest BCUT2D eigenvalue weighted by atomic mass is 16.2. The maximum absolute atomic E-state index is 11.9. The van der Waals surface area contributed by atoms with Crippen LogP contribution in [0.3, 0.4) is 0 Å². The monoisotopic (exact) mass is 283 g/mol. The second-order valence-corrected chi connectivity index (χ2v) is 4.61. The van der Waals surface area contributed by atoms with Gasteiger partial charge in [-0.25, -0.2) is 4.79 Å². The summed E-state index contributed by atoms with van der Waals surface area (Å²) in [5.74, 6) is -0.568. The van der Waals surface area contributed by atoms with E-state index in [9.17, 15) is 9.59 Å². The van der Waals surface area contributed by atoms with Crippen LogP contribution >= 0.6 is 0 Å². The second kappa shape index (κ2) is 7.09. The van der Waals surface area contributed by atoms with E-state index in [1.54, 1.807) is 12.1 Å². The molecule has 0 fully saturated rings. The smallest absolute Gasteiger partial charge is 0.319 e. The summed E-state index contributed by atoms with van der Waals surface area (Å²) < 4.78 is 0. The Morgan fingerprint density at radius 2 is 1.52 bits per heavy atom. The Bertz CT molecular complexity index is 599. The Morgan fingerprint density at radius 1 is 0.952 bits per heavy atom. The third-order valence-electron chi connectivity index (χ3n) is 2.96. The summed E-state index contributed by atoms with van der Waals surface area (Å²) in [6.07, 6.45) is 0.360. The number of hydrogen-bond acceptors (Lipinski definition) is 2. The van der Waals surface area contributed by atoms with Crippen LogP contribution in [0.1, 0.15) is 5.56 Å². The van der Waals surface area contributed by atoms with Crippen molar-refractivity contribution in [2.45, 2.75) is 12.5 Å². The van der Waals surface area contributed by atoms with E-state index in [0.29, 0.717) is 12.1 Å². The van der Waals surface area contributed by atoms with Crippen molar-refractivity contribution in [2.75, 3.05) is 5.32 Å². The number of hydrogen-bond donors (Lipinski definition) is 3. The number of amides is 3. The molecular formula is C16H17N3O2. The SMILES string of the molecule is NC(=O)[C@H](Cc1ccccc1)NC(=O)Nc1ccccc1. The van der Waals surface area contributed by atoms with Gasteiger partial charge in [0, 0.05) is 12.1 Å². The first-order chi connectivity index (χ1) is 10.1. The van der Waals surface area contributed by atoms with Crippen LogP contribution in [0.2, 0.25) is 0 Å². The highest BCUT2D eigenvalue weighted by Gasteiger charge is 2.18. The molecule has 5 heteroatoms. The fourth-order valence-electron chi connectivity index (χ4n) is 1.92. The van der Waals surface area contributed by atoms with Crippen LogP contribution in [-0.4, -0.2) is 18.0 Å². The molecular weight excluding hydrogens is 266 g/mol. The Labute approximate surface area is 123 Å². The van der Waals surface area contributed by atoms with Gasteiger partial charge in [-0.2, -0.15) is 0 Å². The molecule has 3 amide bonds. The summed E-state index contributed by atoms with van der Waals surface area (Å²) in [6, 6.07) is 17.2. The van der Waals surface area contributed by atoms with Gasteiger partial charge in [0.05, 0.1) is 0 Å². The first kappa shape index (κ1) is 14.6. The molecule has 5 nitrogen and oxygen atoms in total. The van der Waals surface area contributed by atoms with Gasteiger partial charge in [-0.1, -0.05) is 48.5 Å². The van der Waals surface area contributed by atoms with Crippen molar-refractivity contribution in [3.05, 3.63) is 66.2 Å². The van der Waals surface area contributed by atoms with E-state index in [4.69, 9.17) is 5.73 Å². The van der Waals surface area contributed by atoms with E-state index in [1.807, 2.05) is 48.5 Å². The molecule has 0 unspecified atom stereocenters. The van der Waals surface area contributed by atoms with E-state index in [1.165, 1.54) is 0 Å². The van der Waals surface area contributed by atoms with Crippen molar-refractivity contribution in [1.29, 1.82) is 0 Å². The van der Waals surface area contributed by atoms with Crippen LogP contribution in [0.25, 0.3) is 0 Å². The van der Waals surface area contributed by atoms with Gasteiger partial charge >= 0.3 is 6.03 Å². The zero-order valence-electron chi connectivity index (χ0n) is 11.5. The summed E-state index contributed by atoms with van der Waals surface area (Å²) in [6.45, 7) is 0. The number of rotatable bonds is 5. The summed E-state index contributed by atoms with van der Waals surface area (Å²) in [5, 5.41) is 5.24. The molecule has 0 saturated carbocycles. The number of benzene rings is 2. The van der Waals surface area contributed by atoms with Crippen molar-refractivity contribution in [1.82, 2.24) is 5.32 Å². The molecule has 108 valence electrons. The molecule has 0 radical (unpaired) electrons. The Hall–Kier alpha value is -2.82. The Balaban J connectivity index is 1.96. The zero-order chi connectivity index (χ0) is 15.1. The van der Waals surface area contributed by atoms with Crippen LogP contribution in [0.4, 0.5) is 10.5 Å². The predicted octanol–water partition coefficient (Wildman–Crippen LogP) is 1.90. The minimum Gasteiger partial charge on any atom is -0.368 e. The lowest BCUT2D eigenvalue weighted by molar-refractivity contribution is -0.119. The maximum atomic E-state index is 11.9. The number of carbonyl (C=O) groups excluding carboxylic acids is 2. The minimum atomic E-state index is -0.754. The van der Waals surface area contributed by atoms with Crippen LogP contribution in [-0.2, 0) is 11.2 Å². The predicted molar refractivity (Wildman–Crippen MR) is 81.7 cm³/mol. The average Bonchev–Trinajstić information content (AvgIpc) is 2.48. The molecule has 21 heavy (non-hydrogen) atoms. The lowest BCUT2D eigenvalue weighted by Crippen LogP contribution is -2.47. The molecule has 2 aromatic carbocycles. The molecule has 0 saturated heterocycles. The quantitative estimate of drug-likeness (QED) is 0.783. The minimum absolute atomic E-state index is 0.360. The highest BCUT2D eigenvalue weighted by molar-refractivity contribution is 5.93. The normalized spacial score (nSPS) is 11.4. The number of anilines is 1. The lowest BCUT2D eigenvalue weighted by atomic mass is 10.1. The van der Waals surface area contributed by atoms with E-state index >= 15 is 0 Å². The summed E-state index contributed by atoms with van der Waals surface area (Å²) in [4.78, 5) is 23.4. The van der Waals surface area contributed by atoms with Gasteiger partial charge in [0.2, 0.25) is 5.91 Å². The molecule has 0 aromatic heterocycles. The highest BCUT2D eigenvalue weighted by Crippen LogP contribution is 2.06. The van der Waals surface area contributed by atoms with E-state index in [2.05, 4.69) is 10.6 Å². The topological polar surface area (TPSA) is 84.2 Å². The summed E-state index contributed by atoms with van der Waals surface area (Å²) in [7, 11) is 0. The van der Waals surface area contributed by atoms with Crippen LogP contribution in [0.5, 0.6) is 0 Å². The number of nitrogens with one attached hydrogen (secondary N) is 2. The number of para-hydroxylation sites is 1. The van der Waals surface area contributed by atoms with Crippen molar-refractivity contribution >= 4 is 17.6 Å². The molecule has 1 atom stereocenters. The van der Waals surface area contributed by atoms with Crippen molar-refractivity contribution < 1.29 is 9.59 Å². The van der Waals surface area contributed by atoms with E-state index in [-0.39, 0.29) is 0 Å². The van der Waals surface area contributed by atoms with E-state index in [0.717, 1.165) is 5.56 Å². The molecule has 2 aromatic rings. The zero-order valence-corrected chi connectivity index (χ0v) is 11.5. The number of nitrogens with two attached hydrogens (primary N) is 1. The first-order valence-corrected chi connectivity index (χ1v) is 6.61. The Kier molecular flexibility index (Phi) is 4.93. The van der Waals surface area contributed by atoms with Gasteiger partial charge in [-0.3, -0.25) is 4.79 Å². The van der Waals surface area contributed by atoms with Gasteiger partial charge in [0.1, 0.15) is 6.04 Å². The molecule has 0 bridgehead atoms. The second-order valence-electron chi connectivity index (χ2n) is 4.61. The number of urea groups is 1. The van der Waals surface area contributed by atoms with Crippen LogP contribution < -0.4 is 16.4 Å². The fourth-order valence-corrected chi connectivity index (χ4v) is 1.92. The molecule has 4 N–H and O–H groups in total. The Morgan fingerprint density at radius 3 is 2.10 bits per heavy atom. The van der Waals surface area contributed by atoms with Gasteiger partial charge in [0.25, 0.3) is 0 Å². The van der Waals surface area contributed by atoms with Crippen LogP contribution in [0, 0.1) is 0 Å². The maximum Gasteiger partial charge on any atom is 0.319 e. The van der Waals surface area contributed by atoms with Gasteiger partial charge in [-0.15, -0.1) is 0 Å². The van der Waals surface area contributed by atoms with Gasteiger partial charge < -0.3 is 16.4 Å². The van der Waals surface area contributed by atoms with Gasteiger partial charge in [-0.05, 0) is 17.7 Å². The van der Waals surface area contributed by atoms with Crippen LogP contribution in [0.15, 0.2) is 60.7 Å². The summed E-state index contributed by atoms with van der Waals surface area (Å²) in [5.41, 5.74) is 6.93. The third-order valence-corrected chi connectivity index (χ3v) is 2.96. The molecule has 0 spiro atoms. The molecule has 0 heterocycles. The third kappa shape index (κ3) is 4.65. The first-order valence-electron chi connectivity index (χ1n) is 6.61. The number of primary amides is 1. The van der Waals surface area contributed by atoms with E-state index < -0.39 is 18.0 Å².